The summed E-state index contributed by atoms with van der Waals surface area (Å²) in [4.78, 5) is 35.2. The number of piperidine rings is 1. The fraction of sp³-hybridized carbons (Fsp3) is 0.682. The number of hydrogen-bond acceptors (Lipinski definition) is 4. The molecule has 0 aliphatic carbocycles. The van der Waals surface area contributed by atoms with Crippen LogP contribution in [0, 0.1) is 5.92 Å². The number of rotatable bonds is 4. The molecule has 0 radical (unpaired) electrons. The van der Waals surface area contributed by atoms with Crippen LogP contribution >= 0.6 is 0 Å². The van der Waals surface area contributed by atoms with Gasteiger partial charge in [0.05, 0.1) is 17.4 Å². The van der Waals surface area contributed by atoms with Crippen molar-refractivity contribution in [2.75, 3.05) is 13.1 Å². The predicted molar refractivity (Wildman–Crippen MR) is 113 cm³/mol. The number of nitrogens with one attached hydrogen (secondary N) is 1. The summed E-state index contributed by atoms with van der Waals surface area (Å²) in [6.45, 7) is 10.8. The van der Waals surface area contributed by atoms with Crippen LogP contribution in [-0.2, 0) is 17.8 Å². The number of aromatic nitrogens is 3. The first kappa shape index (κ1) is 20.1. The van der Waals surface area contributed by atoms with Gasteiger partial charge in [-0.25, -0.2) is 9.50 Å². The summed E-state index contributed by atoms with van der Waals surface area (Å²) in [5.74, 6) is 0.234. The van der Waals surface area contributed by atoms with E-state index in [1.165, 1.54) is 0 Å². The molecule has 2 aliphatic rings. The minimum Gasteiger partial charge on any atom is -0.334 e. The van der Waals surface area contributed by atoms with Crippen LogP contribution in [0.25, 0.3) is 5.65 Å². The van der Waals surface area contributed by atoms with E-state index in [-0.39, 0.29) is 23.4 Å². The largest absolute Gasteiger partial charge is 0.334 e. The zero-order chi connectivity index (χ0) is 20.7. The van der Waals surface area contributed by atoms with E-state index in [4.69, 9.17) is 4.98 Å². The van der Waals surface area contributed by atoms with Gasteiger partial charge >= 0.3 is 0 Å². The maximum atomic E-state index is 13.1. The Kier molecular flexibility index (Phi) is 5.51. The van der Waals surface area contributed by atoms with E-state index in [9.17, 15) is 9.59 Å². The summed E-state index contributed by atoms with van der Waals surface area (Å²) in [6, 6.07) is 2.41. The third kappa shape index (κ3) is 3.61. The smallest absolute Gasteiger partial charge is 0.276 e. The topological polar surface area (TPSA) is 73.7 Å². The molecular weight excluding hydrogens is 366 g/mol. The van der Waals surface area contributed by atoms with Gasteiger partial charge in [-0.05, 0) is 46.0 Å². The van der Waals surface area contributed by atoms with Gasteiger partial charge in [-0.2, -0.15) is 0 Å². The molecule has 0 saturated carbocycles. The zero-order valence-corrected chi connectivity index (χ0v) is 18.1. The van der Waals surface area contributed by atoms with Crippen LogP contribution < -0.4 is 5.56 Å². The van der Waals surface area contributed by atoms with E-state index in [2.05, 4.69) is 30.8 Å². The SMILES string of the molecule is CC[C@H](C)C(=O)N1CCCC[C@@H]1c1cc2nc3c(c(=O)n2[nH]1)CCN(C(C)C)C3. The molecule has 4 rings (SSSR count). The number of likely N-dealkylation sites (tertiary alicyclic amines) is 1. The van der Waals surface area contributed by atoms with Crippen LogP contribution in [0.3, 0.4) is 0 Å². The van der Waals surface area contributed by atoms with Crippen molar-refractivity contribution in [3.63, 3.8) is 0 Å². The molecule has 1 N–H and O–H groups in total. The van der Waals surface area contributed by atoms with Gasteiger partial charge in [0.15, 0.2) is 5.65 Å². The minimum absolute atomic E-state index is 0.00413. The Morgan fingerprint density at radius 1 is 1.28 bits per heavy atom. The van der Waals surface area contributed by atoms with Crippen molar-refractivity contribution in [1.82, 2.24) is 24.4 Å². The molecule has 158 valence electrons. The first-order chi connectivity index (χ1) is 13.9. The quantitative estimate of drug-likeness (QED) is 0.858. The highest BCUT2D eigenvalue weighted by Crippen LogP contribution is 2.32. The van der Waals surface area contributed by atoms with Crippen molar-refractivity contribution in [3.05, 3.63) is 33.4 Å². The Labute approximate surface area is 172 Å². The van der Waals surface area contributed by atoms with Gasteiger partial charge in [0.1, 0.15) is 0 Å². The molecule has 1 fully saturated rings. The average molecular weight is 400 g/mol. The number of fused-ring (bicyclic) bond motifs is 2. The summed E-state index contributed by atoms with van der Waals surface area (Å²) in [6.07, 6.45) is 4.63. The number of hydrogen-bond donors (Lipinski definition) is 1. The highest BCUT2D eigenvalue weighted by molar-refractivity contribution is 5.79. The van der Waals surface area contributed by atoms with Gasteiger partial charge in [0.2, 0.25) is 5.91 Å². The molecule has 2 aromatic heterocycles. The fourth-order valence-corrected chi connectivity index (χ4v) is 4.62. The van der Waals surface area contributed by atoms with E-state index in [0.717, 1.165) is 68.7 Å². The number of H-pyrrole nitrogens is 1. The summed E-state index contributed by atoms with van der Waals surface area (Å²) < 4.78 is 1.58. The van der Waals surface area contributed by atoms with E-state index in [0.29, 0.717) is 11.7 Å². The molecule has 2 atom stereocenters. The Balaban J connectivity index is 1.71. The standard InChI is InChI=1S/C22H33N5O2/c1-5-15(4)21(28)26-10-7-6-8-19(26)17-12-20-23-18-13-25(14(2)3)11-9-16(18)22(29)27(20)24-17/h12,14-15,19,24H,5-11,13H2,1-4H3/t15-,19+/m0/s1. The summed E-state index contributed by atoms with van der Waals surface area (Å²) >= 11 is 0. The van der Waals surface area contributed by atoms with Gasteiger partial charge in [-0.15, -0.1) is 0 Å². The molecule has 2 aromatic rings. The first-order valence-electron chi connectivity index (χ1n) is 11.1. The van der Waals surface area contributed by atoms with Gasteiger partial charge in [0, 0.05) is 43.2 Å². The second-order valence-electron chi connectivity index (χ2n) is 8.91. The van der Waals surface area contributed by atoms with Crippen LogP contribution in [-0.4, -0.2) is 49.4 Å². The van der Waals surface area contributed by atoms with Crippen molar-refractivity contribution in [2.45, 2.75) is 78.4 Å². The first-order valence-corrected chi connectivity index (χ1v) is 11.1. The third-order valence-corrected chi connectivity index (χ3v) is 6.72. The van der Waals surface area contributed by atoms with E-state index in [1.807, 2.05) is 17.9 Å². The lowest BCUT2D eigenvalue weighted by atomic mass is 9.96. The van der Waals surface area contributed by atoms with Crippen LogP contribution in [0.15, 0.2) is 10.9 Å². The van der Waals surface area contributed by atoms with Crippen molar-refractivity contribution in [2.24, 2.45) is 5.92 Å². The molecule has 0 spiro atoms. The second kappa shape index (κ2) is 7.94. The number of aromatic amines is 1. The number of nitrogens with zero attached hydrogens (tertiary/aromatic N) is 4. The maximum Gasteiger partial charge on any atom is 0.276 e. The highest BCUT2D eigenvalue weighted by Gasteiger charge is 2.32. The van der Waals surface area contributed by atoms with Gasteiger partial charge in [-0.3, -0.25) is 19.6 Å². The average Bonchev–Trinajstić information content (AvgIpc) is 3.16. The Morgan fingerprint density at radius 3 is 2.79 bits per heavy atom. The molecule has 29 heavy (non-hydrogen) atoms. The fourth-order valence-electron chi connectivity index (χ4n) is 4.62. The monoisotopic (exact) mass is 399 g/mol. The number of amides is 1. The molecule has 1 amide bonds. The molecule has 1 saturated heterocycles. The van der Waals surface area contributed by atoms with Crippen molar-refractivity contribution in [1.29, 1.82) is 0 Å². The van der Waals surface area contributed by atoms with Crippen LogP contribution in [0.1, 0.15) is 76.4 Å². The van der Waals surface area contributed by atoms with Gasteiger partial charge < -0.3 is 4.90 Å². The minimum atomic E-state index is -0.00413. The third-order valence-electron chi connectivity index (χ3n) is 6.72. The Morgan fingerprint density at radius 2 is 2.07 bits per heavy atom. The van der Waals surface area contributed by atoms with Crippen LogP contribution in [0.5, 0.6) is 0 Å². The summed E-state index contributed by atoms with van der Waals surface area (Å²) in [7, 11) is 0. The summed E-state index contributed by atoms with van der Waals surface area (Å²) in [5, 5.41) is 3.29. The molecule has 0 aromatic carbocycles. The van der Waals surface area contributed by atoms with Gasteiger partial charge in [-0.1, -0.05) is 13.8 Å². The van der Waals surface area contributed by atoms with Crippen molar-refractivity contribution >= 4 is 11.6 Å². The lowest BCUT2D eigenvalue weighted by Crippen LogP contribution is -2.41. The van der Waals surface area contributed by atoms with Crippen LogP contribution in [0.2, 0.25) is 0 Å². The van der Waals surface area contributed by atoms with Gasteiger partial charge in [0.25, 0.3) is 5.56 Å². The van der Waals surface area contributed by atoms with E-state index < -0.39 is 0 Å². The number of carbonyl (C=O) groups is 1. The van der Waals surface area contributed by atoms with E-state index >= 15 is 0 Å². The predicted octanol–water partition coefficient (Wildman–Crippen LogP) is 2.89. The Bertz CT molecular complexity index is 960. The zero-order valence-electron chi connectivity index (χ0n) is 18.1. The summed E-state index contributed by atoms with van der Waals surface area (Å²) in [5.41, 5.74) is 3.32. The van der Waals surface area contributed by atoms with Crippen molar-refractivity contribution in [3.8, 4) is 0 Å². The molecule has 7 nitrogen and oxygen atoms in total. The second-order valence-corrected chi connectivity index (χ2v) is 8.91. The lowest BCUT2D eigenvalue weighted by molar-refractivity contribution is -0.139. The lowest BCUT2D eigenvalue weighted by Gasteiger charge is -2.36. The molecule has 0 unspecified atom stereocenters. The molecule has 0 bridgehead atoms. The maximum absolute atomic E-state index is 13.1. The normalized spacial score (nSPS) is 21.6. The molecular formula is C22H33N5O2. The Hall–Kier alpha value is -2.15. The number of carbonyl (C=O) groups excluding carboxylic acids is 1. The molecule has 4 heterocycles. The van der Waals surface area contributed by atoms with E-state index in [1.54, 1.807) is 4.52 Å². The molecule has 7 heteroatoms. The van der Waals surface area contributed by atoms with Crippen molar-refractivity contribution < 1.29 is 4.79 Å². The highest BCUT2D eigenvalue weighted by atomic mass is 16.2. The van der Waals surface area contributed by atoms with Crippen LogP contribution in [0.4, 0.5) is 0 Å². The molecule has 2 aliphatic heterocycles.